The zero-order chi connectivity index (χ0) is 20.8. The van der Waals surface area contributed by atoms with Crippen LogP contribution >= 0.6 is 0 Å². The van der Waals surface area contributed by atoms with Gasteiger partial charge in [-0.1, -0.05) is 13.8 Å². The summed E-state index contributed by atoms with van der Waals surface area (Å²) in [7, 11) is 0. The Bertz CT molecular complexity index is 900. The predicted molar refractivity (Wildman–Crippen MR) is 105 cm³/mol. The van der Waals surface area contributed by atoms with Crippen LogP contribution in [0.25, 0.3) is 0 Å². The zero-order valence-electron chi connectivity index (χ0n) is 15.8. The number of phenolic OH excluding ortho intramolecular Hbond substituents is 1. The van der Waals surface area contributed by atoms with Crippen molar-refractivity contribution in [3.63, 3.8) is 0 Å². The maximum Gasteiger partial charge on any atom is 0.336 e. The Balaban J connectivity index is 2.44. The number of carbonyl (C=O) groups is 3. The zero-order valence-corrected chi connectivity index (χ0v) is 15.8. The first-order chi connectivity index (χ1) is 13.3. The number of ketones is 1. The van der Waals surface area contributed by atoms with Crippen molar-refractivity contribution in [2.24, 2.45) is 0 Å². The van der Waals surface area contributed by atoms with Gasteiger partial charge in [0.05, 0.1) is 16.7 Å². The molecule has 0 heterocycles. The summed E-state index contributed by atoms with van der Waals surface area (Å²) in [6.45, 7) is 5.71. The molecule has 0 fully saturated rings. The summed E-state index contributed by atoms with van der Waals surface area (Å²) < 4.78 is 0. The first-order valence-electron chi connectivity index (χ1n) is 9.03. The van der Waals surface area contributed by atoms with E-state index in [-0.39, 0.29) is 22.4 Å². The van der Waals surface area contributed by atoms with Crippen molar-refractivity contribution in [2.45, 2.75) is 26.7 Å². The molecule has 2 rings (SSSR count). The number of hydrogen-bond donors (Lipinski definition) is 3. The van der Waals surface area contributed by atoms with Gasteiger partial charge >= 0.3 is 11.9 Å². The molecule has 0 radical (unpaired) electrons. The summed E-state index contributed by atoms with van der Waals surface area (Å²) in [6.07, 6.45) is 1.86. The Kier molecular flexibility index (Phi) is 6.76. The van der Waals surface area contributed by atoms with Crippen LogP contribution in [0.2, 0.25) is 0 Å². The number of rotatable bonds is 9. The van der Waals surface area contributed by atoms with Gasteiger partial charge in [-0.3, -0.25) is 4.79 Å². The number of anilines is 1. The highest BCUT2D eigenvalue weighted by Gasteiger charge is 2.22. The molecule has 148 valence electrons. The Labute approximate surface area is 162 Å². The minimum Gasteiger partial charge on any atom is -0.507 e. The molecule has 0 aliphatic rings. The fourth-order valence-corrected chi connectivity index (χ4v) is 3.02. The van der Waals surface area contributed by atoms with Crippen LogP contribution in [0, 0.1) is 0 Å². The van der Waals surface area contributed by atoms with E-state index in [0.717, 1.165) is 49.8 Å². The number of carbonyl (C=O) groups excluding carboxylic acids is 1. The van der Waals surface area contributed by atoms with Crippen LogP contribution in [0.4, 0.5) is 5.69 Å². The third kappa shape index (κ3) is 4.49. The van der Waals surface area contributed by atoms with Crippen molar-refractivity contribution in [3.8, 4) is 5.75 Å². The lowest BCUT2D eigenvalue weighted by atomic mass is 9.95. The van der Waals surface area contributed by atoms with Crippen LogP contribution < -0.4 is 4.90 Å². The predicted octanol–water partition coefficient (Wildman–Crippen LogP) is 3.65. The minimum atomic E-state index is -1.42. The highest BCUT2D eigenvalue weighted by Crippen LogP contribution is 2.28. The minimum absolute atomic E-state index is 0.0396. The van der Waals surface area contributed by atoms with E-state index in [2.05, 4.69) is 18.7 Å². The highest BCUT2D eigenvalue weighted by atomic mass is 16.4. The Morgan fingerprint density at radius 2 is 1.43 bits per heavy atom. The summed E-state index contributed by atoms with van der Waals surface area (Å²) >= 11 is 0. The largest absolute Gasteiger partial charge is 0.507 e. The number of hydrogen-bond acceptors (Lipinski definition) is 5. The fourth-order valence-electron chi connectivity index (χ4n) is 3.02. The third-order valence-electron chi connectivity index (χ3n) is 4.32. The topological polar surface area (TPSA) is 115 Å². The number of benzene rings is 2. The third-order valence-corrected chi connectivity index (χ3v) is 4.32. The number of nitrogens with zero attached hydrogens (tertiary/aromatic N) is 1. The lowest BCUT2D eigenvalue weighted by molar-refractivity contribution is 0.0692. The molecule has 7 heteroatoms. The van der Waals surface area contributed by atoms with Gasteiger partial charge in [-0.15, -0.1) is 0 Å². The van der Waals surface area contributed by atoms with Crippen molar-refractivity contribution in [1.29, 1.82) is 0 Å². The molecule has 2 aromatic rings. The molecule has 0 aliphatic carbocycles. The standard InChI is InChI=1S/C21H23NO6/c1-3-9-22(10-4-2)14-6-8-16(18(23)12-14)19(24)15-7-5-13(20(25)26)11-17(15)21(27)28/h5-8,11-12,23H,3-4,9-10H2,1-2H3,(H,25,26)(H,27,28). The van der Waals surface area contributed by atoms with Crippen molar-refractivity contribution in [3.05, 3.63) is 58.7 Å². The van der Waals surface area contributed by atoms with Crippen LogP contribution in [0.3, 0.4) is 0 Å². The van der Waals surface area contributed by atoms with Gasteiger partial charge in [0.15, 0.2) is 5.78 Å². The Morgan fingerprint density at radius 1 is 0.821 bits per heavy atom. The van der Waals surface area contributed by atoms with E-state index in [0.29, 0.717) is 0 Å². The maximum absolute atomic E-state index is 12.8. The van der Waals surface area contributed by atoms with Gasteiger partial charge in [0, 0.05) is 30.4 Å². The van der Waals surface area contributed by atoms with Gasteiger partial charge in [-0.05, 0) is 43.2 Å². The second-order valence-corrected chi connectivity index (χ2v) is 6.39. The van der Waals surface area contributed by atoms with Crippen molar-refractivity contribution in [1.82, 2.24) is 0 Å². The normalized spacial score (nSPS) is 10.5. The number of phenols is 1. The molecule has 0 bridgehead atoms. The van der Waals surface area contributed by atoms with Crippen LogP contribution in [-0.4, -0.2) is 46.1 Å². The number of aromatic hydroxyl groups is 1. The molecule has 0 amide bonds. The van der Waals surface area contributed by atoms with E-state index in [1.54, 1.807) is 6.07 Å². The smallest absolute Gasteiger partial charge is 0.336 e. The van der Waals surface area contributed by atoms with Gasteiger partial charge in [0.2, 0.25) is 0 Å². The van der Waals surface area contributed by atoms with E-state index in [4.69, 9.17) is 5.11 Å². The van der Waals surface area contributed by atoms with Gasteiger partial charge in [-0.2, -0.15) is 0 Å². The summed E-state index contributed by atoms with van der Waals surface area (Å²) in [6, 6.07) is 7.92. The first kappa shape index (κ1) is 21.0. The van der Waals surface area contributed by atoms with E-state index < -0.39 is 23.3 Å². The first-order valence-corrected chi connectivity index (χ1v) is 9.03. The van der Waals surface area contributed by atoms with Crippen molar-refractivity contribution < 1.29 is 29.7 Å². The van der Waals surface area contributed by atoms with Gasteiger partial charge in [-0.25, -0.2) is 9.59 Å². The summed E-state index contributed by atoms with van der Waals surface area (Å²) in [4.78, 5) is 37.5. The second-order valence-electron chi connectivity index (χ2n) is 6.39. The van der Waals surface area contributed by atoms with Crippen LogP contribution in [0.15, 0.2) is 36.4 Å². The van der Waals surface area contributed by atoms with E-state index >= 15 is 0 Å². The molecule has 0 atom stereocenters. The molecule has 0 aliphatic heterocycles. The number of carboxylic acid groups (broad SMARTS) is 2. The monoisotopic (exact) mass is 385 g/mol. The van der Waals surface area contributed by atoms with E-state index in [9.17, 15) is 24.6 Å². The fraction of sp³-hybridized carbons (Fsp3) is 0.286. The van der Waals surface area contributed by atoms with Crippen LogP contribution in [-0.2, 0) is 0 Å². The lowest BCUT2D eigenvalue weighted by Gasteiger charge is -2.24. The molecule has 28 heavy (non-hydrogen) atoms. The average molecular weight is 385 g/mol. The molecule has 0 saturated carbocycles. The van der Waals surface area contributed by atoms with Crippen LogP contribution in [0.1, 0.15) is 63.3 Å². The quantitative estimate of drug-likeness (QED) is 0.564. The number of aromatic carboxylic acids is 2. The lowest BCUT2D eigenvalue weighted by Crippen LogP contribution is -2.24. The molecule has 2 aromatic carbocycles. The molecule has 0 aromatic heterocycles. The van der Waals surface area contributed by atoms with Crippen molar-refractivity contribution in [2.75, 3.05) is 18.0 Å². The van der Waals surface area contributed by atoms with Crippen molar-refractivity contribution >= 4 is 23.4 Å². The van der Waals surface area contributed by atoms with E-state index in [1.807, 2.05) is 0 Å². The molecule has 3 N–H and O–H groups in total. The van der Waals surface area contributed by atoms with E-state index in [1.165, 1.54) is 12.1 Å². The summed E-state index contributed by atoms with van der Waals surface area (Å²) in [5, 5.41) is 28.8. The second kappa shape index (κ2) is 9.03. The van der Waals surface area contributed by atoms with Crippen LogP contribution in [0.5, 0.6) is 5.75 Å². The highest BCUT2D eigenvalue weighted by molar-refractivity contribution is 6.16. The Hall–Kier alpha value is -3.35. The molecule has 0 spiro atoms. The maximum atomic E-state index is 12.8. The Morgan fingerprint density at radius 3 is 1.93 bits per heavy atom. The number of carboxylic acids is 2. The average Bonchev–Trinajstić information content (AvgIpc) is 2.66. The van der Waals surface area contributed by atoms with Gasteiger partial charge in [0.1, 0.15) is 5.75 Å². The molecule has 0 unspecified atom stereocenters. The summed E-state index contributed by atoms with van der Waals surface area (Å²) in [5.74, 6) is -3.64. The molecular formula is C21H23NO6. The molecule has 0 saturated heterocycles. The molecule has 7 nitrogen and oxygen atoms in total. The summed E-state index contributed by atoms with van der Waals surface area (Å²) in [5.41, 5.74) is -0.102. The molecular weight excluding hydrogens is 362 g/mol. The van der Waals surface area contributed by atoms with Gasteiger partial charge < -0.3 is 20.2 Å². The van der Waals surface area contributed by atoms with Gasteiger partial charge in [0.25, 0.3) is 0 Å². The SMILES string of the molecule is CCCN(CCC)c1ccc(C(=O)c2ccc(C(=O)O)cc2C(=O)O)c(O)c1.